The number of rotatable bonds is 6. The summed E-state index contributed by atoms with van der Waals surface area (Å²) < 4.78 is 7.17. The van der Waals surface area contributed by atoms with Crippen molar-refractivity contribution in [2.75, 3.05) is 39.3 Å². The first-order valence-electron chi connectivity index (χ1n) is 11.0. The largest absolute Gasteiger partial charge is 0.450 e. The quantitative estimate of drug-likeness (QED) is 0.568. The predicted octanol–water partition coefficient (Wildman–Crippen LogP) is 2.79. The van der Waals surface area contributed by atoms with Gasteiger partial charge in [-0.1, -0.05) is 30.3 Å². The number of hydrogen-bond donors (Lipinski definition) is 1. The molecule has 8 nitrogen and oxygen atoms in total. The van der Waals surface area contributed by atoms with E-state index < -0.39 is 0 Å². The lowest BCUT2D eigenvalue weighted by molar-refractivity contribution is 0.0914. The van der Waals surface area contributed by atoms with Crippen LogP contribution in [0, 0.1) is 13.8 Å². The SMILES string of the molecule is CCNC(=NCc1c(C)nn(Cc2ccccc2)c1C)N1CCN(C(=O)OCC)CC1. The van der Waals surface area contributed by atoms with Crippen LogP contribution in [-0.4, -0.2) is 71.0 Å². The Labute approximate surface area is 184 Å². The third-order valence-corrected chi connectivity index (χ3v) is 5.53. The number of guanidine groups is 1. The third-order valence-electron chi connectivity index (χ3n) is 5.53. The van der Waals surface area contributed by atoms with Crippen LogP contribution in [0.4, 0.5) is 4.79 Å². The highest BCUT2D eigenvalue weighted by Crippen LogP contribution is 2.16. The fraction of sp³-hybridized carbons (Fsp3) is 0.522. The number of amides is 1. The van der Waals surface area contributed by atoms with E-state index in [1.165, 1.54) is 5.56 Å². The van der Waals surface area contributed by atoms with E-state index in [-0.39, 0.29) is 6.09 Å². The summed E-state index contributed by atoms with van der Waals surface area (Å²) in [5.41, 5.74) is 4.56. The van der Waals surface area contributed by atoms with Crippen molar-refractivity contribution in [3.05, 3.63) is 52.8 Å². The van der Waals surface area contributed by atoms with Gasteiger partial charge in [-0.15, -0.1) is 0 Å². The van der Waals surface area contributed by atoms with E-state index in [0.29, 0.717) is 26.2 Å². The van der Waals surface area contributed by atoms with Crippen LogP contribution in [0.25, 0.3) is 0 Å². The van der Waals surface area contributed by atoms with Gasteiger partial charge in [0, 0.05) is 44.0 Å². The first-order valence-corrected chi connectivity index (χ1v) is 11.0. The molecule has 0 bridgehead atoms. The Kier molecular flexibility index (Phi) is 7.92. The second kappa shape index (κ2) is 10.8. The molecular formula is C23H34N6O2. The fourth-order valence-electron chi connectivity index (χ4n) is 3.77. The molecule has 1 saturated heterocycles. The molecular weight excluding hydrogens is 392 g/mol. The van der Waals surface area contributed by atoms with Crippen molar-refractivity contribution in [2.24, 2.45) is 4.99 Å². The molecule has 0 aliphatic carbocycles. The Bertz CT molecular complexity index is 885. The maximum atomic E-state index is 11.9. The summed E-state index contributed by atoms with van der Waals surface area (Å²) in [6.07, 6.45) is -0.235. The average molecular weight is 427 g/mol. The Balaban J connectivity index is 1.68. The topological polar surface area (TPSA) is 75.0 Å². The van der Waals surface area contributed by atoms with Crippen LogP contribution in [0.2, 0.25) is 0 Å². The Morgan fingerprint density at radius 1 is 1.10 bits per heavy atom. The highest BCUT2D eigenvalue weighted by Gasteiger charge is 2.24. The van der Waals surface area contributed by atoms with Gasteiger partial charge in [-0.05, 0) is 33.3 Å². The average Bonchev–Trinajstić information content (AvgIpc) is 3.04. The minimum Gasteiger partial charge on any atom is -0.450 e. The summed E-state index contributed by atoms with van der Waals surface area (Å²) in [6, 6.07) is 10.4. The second-order valence-electron chi connectivity index (χ2n) is 7.64. The van der Waals surface area contributed by atoms with Crippen LogP contribution < -0.4 is 5.32 Å². The van der Waals surface area contributed by atoms with E-state index in [4.69, 9.17) is 14.8 Å². The summed E-state index contributed by atoms with van der Waals surface area (Å²) >= 11 is 0. The number of nitrogens with one attached hydrogen (secondary N) is 1. The van der Waals surface area contributed by atoms with E-state index in [0.717, 1.165) is 49.1 Å². The molecule has 168 valence electrons. The number of carbonyl (C=O) groups excluding carboxylic acids is 1. The predicted molar refractivity (Wildman–Crippen MR) is 122 cm³/mol. The highest BCUT2D eigenvalue weighted by molar-refractivity contribution is 5.80. The molecule has 1 N–H and O–H groups in total. The van der Waals surface area contributed by atoms with Gasteiger partial charge in [0.05, 0.1) is 25.4 Å². The molecule has 8 heteroatoms. The molecule has 1 aromatic carbocycles. The molecule has 0 unspecified atom stereocenters. The normalized spacial score (nSPS) is 14.6. The first-order chi connectivity index (χ1) is 15.0. The van der Waals surface area contributed by atoms with Gasteiger partial charge in [0.1, 0.15) is 0 Å². The van der Waals surface area contributed by atoms with Crippen molar-refractivity contribution in [3.8, 4) is 0 Å². The Morgan fingerprint density at radius 2 is 1.77 bits per heavy atom. The van der Waals surface area contributed by atoms with Crippen LogP contribution in [0.5, 0.6) is 0 Å². The maximum absolute atomic E-state index is 11.9. The summed E-state index contributed by atoms with van der Waals surface area (Å²) in [5, 5.41) is 8.14. The molecule has 31 heavy (non-hydrogen) atoms. The lowest BCUT2D eigenvalue weighted by atomic mass is 10.2. The number of benzene rings is 1. The molecule has 2 heterocycles. The van der Waals surface area contributed by atoms with Crippen LogP contribution in [-0.2, 0) is 17.8 Å². The molecule has 2 aromatic rings. The summed E-state index contributed by atoms with van der Waals surface area (Å²) in [7, 11) is 0. The molecule has 3 rings (SSSR count). The molecule has 0 saturated carbocycles. The molecule has 1 aliphatic heterocycles. The first kappa shape index (κ1) is 22.7. The second-order valence-corrected chi connectivity index (χ2v) is 7.64. The number of aromatic nitrogens is 2. The molecule has 0 spiro atoms. The monoisotopic (exact) mass is 426 g/mol. The minimum atomic E-state index is -0.235. The fourth-order valence-corrected chi connectivity index (χ4v) is 3.77. The smallest absolute Gasteiger partial charge is 0.409 e. The lowest BCUT2D eigenvalue weighted by Crippen LogP contribution is -2.53. The lowest BCUT2D eigenvalue weighted by Gasteiger charge is -2.35. The molecule has 1 fully saturated rings. The van der Waals surface area contributed by atoms with Gasteiger partial charge in [0.25, 0.3) is 0 Å². The van der Waals surface area contributed by atoms with Crippen LogP contribution in [0.3, 0.4) is 0 Å². The van der Waals surface area contributed by atoms with Gasteiger partial charge in [0.15, 0.2) is 5.96 Å². The molecule has 0 radical (unpaired) electrons. The number of aliphatic imine (C=N–C) groups is 1. The highest BCUT2D eigenvalue weighted by atomic mass is 16.6. The Hall–Kier alpha value is -3.03. The molecule has 0 atom stereocenters. The van der Waals surface area contributed by atoms with Gasteiger partial charge in [-0.3, -0.25) is 4.68 Å². The van der Waals surface area contributed by atoms with Crippen molar-refractivity contribution in [3.63, 3.8) is 0 Å². The van der Waals surface area contributed by atoms with Crippen molar-refractivity contribution in [2.45, 2.75) is 40.8 Å². The maximum Gasteiger partial charge on any atom is 0.409 e. The molecule has 1 amide bonds. The van der Waals surface area contributed by atoms with Crippen molar-refractivity contribution >= 4 is 12.1 Å². The van der Waals surface area contributed by atoms with Gasteiger partial charge >= 0.3 is 6.09 Å². The van der Waals surface area contributed by atoms with E-state index in [2.05, 4.69) is 53.0 Å². The zero-order valence-electron chi connectivity index (χ0n) is 19.1. The van der Waals surface area contributed by atoms with Gasteiger partial charge in [0.2, 0.25) is 0 Å². The number of ether oxygens (including phenoxy) is 1. The van der Waals surface area contributed by atoms with Crippen molar-refractivity contribution in [1.82, 2.24) is 24.9 Å². The summed E-state index contributed by atoms with van der Waals surface area (Å²) in [4.78, 5) is 20.8. The summed E-state index contributed by atoms with van der Waals surface area (Å²) in [5.74, 6) is 0.876. The summed E-state index contributed by atoms with van der Waals surface area (Å²) in [6.45, 7) is 13.3. The van der Waals surface area contributed by atoms with E-state index in [9.17, 15) is 4.79 Å². The number of hydrogen-bond acceptors (Lipinski definition) is 4. The van der Waals surface area contributed by atoms with Gasteiger partial charge < -0.3 is 19.9 Å². The number of piperazine rings is 1. The van der Waals surface area contributed by atoms with Crippen LogP contribution >= 0.6 is 0 Å². The van der Waals surface area contributed by atoms with Crippen molar-refractivity contribution in [1.29, 1.82) is 0 Å². The minimum absolute atomic E-state index is 0.235. The van der Waals surface area contributed by atoms with Gasteiger partial charge in [-0.25, -0.2) is 9.79 Å². The third kappa shape index (κ3) is 5.77. The number of nitrogens with zero attached hydrogens (tertiary/aromatic N) is 5. The van der Waals surface area contributed by atoms with Crippen LogP contribution in [0.1, 0.15) is 36.4 Å². The van der Waals surface area contributed by atoms with Crippen molar-refractivity contribution < 1.29 is 9.53 Å². The molecule has 1 aromatic heterocycles. The number of aryl methyl sites for hydroxylation is 1. The van der Waals surface area contributed by atoms with E-state index in [1.807, 2.05) is 19.9 Å². The van der Waals surface area contributed by atoms with Crippen LogP contribution in [0.15, 0.2) is 35.3 Å². The number of carbonyl (C=O) groups is 1. The Morgan fingerprint density at radius 3 is 2.42 bits per heavy atom. The molecule has 1 aliphatic rings. The van der Waals surface area contributed by atoms with E-state index in [1.54, 1.807) is 4.90 Å². The van der Waals surface area contributed by atoms with E-state index >= 15 is 0 Å². The van der Waals surface area contributed by atoms with Gasteiger partial charge in [-0.2, -0.15) is 5.10 Å². The zero-order chi connectivity index (χ0) is 22.2. The zero-order valence-corrected chi connectivity index (χ0v) is 19.1. The standard InChI is InChI=1S/C23H34N6O2/c1-5-24-22(27-12-14-28(15-13-27)23(30)31-6-2)25-16-21-18(3)26-29(19(21)4)17-20-10-8-7-9-11-20/h7-11H,5-6,12-17H2,1-4H3,(H,24,25).